The lowest BCUT2D eigenvalue weighted by Crippen LogP contribution is -2.30. The van der Waals surface area contributed by atoms with E-state index >= 15 is 0 Å². The Hall–Kier alpha value is -3.15. The summed E-state index contributed by atoms with van der Waals surface area (Å²) >= 11 is 0. The number of rotatable bonds is 66. The van der Waals surface area contributed by atoms with Crippen LogP contribution in [0.4, 0.5) is 0 Å². The second-order valence-corrected chi connectivity index (χ2v) is 24.1. The lowest BCUT2D eigenvalue weighted by Gasteiger charge is -2.18. The second kappa shape index (κ2) is 70.3. The Balaban J connectivity index is 4.16. The number of ether oxygens (including phenoxy) is 3. The maximum Gasteiger partial charge on any atom is 0.306 e. The fourth-order valence-corrected chi connectivity index (χ4v) is 10.6. The highest BCUT2D eigenvalue weighted by Gasteiger charge is 2.19. The van der Waals surface area contributed by atoms with Gasteiger partial charge in [0.15, 0.2) is 6.10 Å². The quantitative estimate of drug-likeness (QED) is 0.0261. The Bertz CT molecular complexity index is 1500. The largest absolute Gasteiger partial charge is 0.462 e. The van der Waals surface area contributed by atoms with E-state index < -0.39 is 6.10 Å². The molecular formula is C76H136O6. The van der Waals surface area contributed by atoms with Gasteiger partial charge >= 0.3 is 17.9 Å². The lowest BCUT2D eigenvalue weighted by molar-refractivity contribution is -0.167. The van der Waals surface area contributed by atoms with Gasteiger partial charge < -0.3 is 14.2 Å². The van der Waals surface area contributed by atoms with Crippen LogP contribution in [0.15, 0.2) is 72.9 Å². The van der Waals surface area contributed by atoms with Crippen molar-refractivity contribution in [3.05, 3.63) is 72.9 Å². The topological polar surface area (TPSA) is 78.9 Å². The molecule has 0 aromatic heterocycles. The SMILES string of the molecule is CC/C=C\C/C=C\C/C=C\CCCCCCCCCC(=O)OC(COC(=O)CCCCCCCCCCCCCCCC)COC(=O)CCCCCCCCCCCCCCCCCCCC/C=C\C/C=C\C/C=C\CCCCCCC. The van der Waals surface area contributed by atoms with Crippen LogP contribution < -0.4 is 0 Å². The first-order chi connectivity index (χ1) is 40.5. The van der Waals surface area contributed by atoms with Crippen molar-refractivity contribution in [2.24, 2.45) is 0 Å². The molecule has 0 aromatic carbocycles. The van der Waals surface area contributed by atoms with E-state index in [0.29, 0.717) is 19.3 Å². The van der Waals surface area contributed by atoms with Crippen molar-refractivity contribution < 1.29 is 28.6 Å². The number of esters is 3. The molecule has 0 bridgehead atoms. The Morgan fingerprint density at radius 3 is 0.744 bits per heavy atom. The fourth-order valence-electron chi connectivity index (χ4n) is 10.6. The fraction of sp³-hybridized carbons (Fsp3) is 0.803. The zero-order chi connectivity index (χ0) is 59.2. The summed E-state index contributed by atoms with van der Waals surface area (Å²) in [5.74, 6) is -0.862. The van der Waals surface area contributed by atoms with E-state index in [0.717, 1.165) is 96.3 Å². The lowest BCUT2D eigenvalue weighted by atomic mass is 10.0. The number of carbonyl (C=O) groups is 3. The molecule has 476 valence electrons. The Kier molecular flexibility index (Phi) is 67.6. The molecule has 6 heteroatoms. The van der Waals surface area contributed by atoms with Crippen LogP contribution in [0.25, 0.3) is 0 Å². The van der Waals surface area contributed by atoms with Crippen LogP contribution in [0.2, 0.25) is 0 Å². The maximum atomic E-state index is 12.9. The molecule has 0 fully saturated rings. The third kappa shape index (κ3) is 67.6. The van der Waals surface area contributed by atoms with Gasteiger partial charge in [-0.05, 0) is 89.9 Å². The normalized spacial score (nSPS) is 12.5. The minimum absolute atomic E-state index is 0.0743. The standard InChI is InChI=1S/C76H136O6/c1-4-7-10-13-16-19-22-25-28-30-31-32-33-34-35-36-37-38-39-40-41-42-43-44-45-47-48-51-54-57-60-63-66-69-75(78)81-72-73(71-80-74(77)68-65-62-59-56-53-50-27-24-21-18-15-12-9-6-3)82-76(79)70-67-64-61-58-55-52-49-46-29-26-23-20-17-14-11-8-5-2/h8,11,17,20,22,25-26,29-31,33-34,73H,4-7,9-10,12-16,18-19,21,23-24,27-28,32,35-72H2,1-3H3/b11-8-,20-17-,25-22-,29-26-,31-30-,34-33-. The first-order valence-electron chi connectivity index (χ1n) is 35.9. The van der Waals surface area contributed by atoms with Crippen molar-refractivity contribution in [3.63, 3.8) is 0 Å². The van der Waals surface area contributed by atoms with E-state index in [2.05, 4.69) is 93.7 Å². The highest BCUT2D eigenvalue weighted by atomic mass is 16.6. The average Bonchev–Trinajstić information content (AvgIpc) is 3.48. The number of carbonyl (C=O) groups excluding carboxylic acids is 3. The number of unbranched alkanes of at least 4 members (excludes halogenated alkanes) is 43. The highest BCUT2D eigenvalue weighted by Crippen LogP contribution is 2.18. The summed E-state index contributed by atoms with van der Waals surface area (Å²) in [6.45, 7) is 6.56. The molecule has 0 rings (SSSR count). The summed E-state index contributed by atoms with van der Waals surface area (Å²) in [5.41, 5.74) is 0. The molecule has 0 saturated heterocycles. The van der Waals surface area contributed by atoms with Crippen LogP contribution in [-0.2, 0) is 28.6 Å². The van der Waals surface area contributed by atoms with E-state index in [1.807, 2.05) is 0 Å². The van der Waals surface area contributed by atoms with Gasteiger partial charge in [0.25, 0.3) is 0 Å². The first kappa shape index (κ1) is 78.8. The van der Waals surface area contributed by atoms with Gasteiger partial charge in [-0.1, -0.05) is 338 Å². The number of hydrogen-bond donors (Lipinski definition) is 0. The van der Waals surface area contributed by atoms with Crippen molar-refractivity contribution in [2.45, 2.75) is 380 Å². The maximum absolute atomic E-state index is 12.9. The molecule has 0 N–H and O–H groups in total. The van der Waals surface area contributed by atoms with Crippen LogP contribution in [0.5, 0.6) is 0 Å². The van der Waals surface area contributed by atoms with E-state index in [9.17, 15) is 14.4 Å². The molecule has 1 atom stereocenters. The zero-order valence-corrected chi connectivity index (χ0v) is 54.8. The highest BCUT2D eigenvalue weighted by molar-refractivity contribution is 5.71. The molecule has 82 heavy (non-hydrogen) atoms. The molecule has 0 aromatic rings. The summed E-state index contributed by atoms with van der Waals surface area (Å²) in [6.07, 6.45) is 92.3. The predicted molar refractivity (Wildman–Crippen MR) is 358 cm³/mol. The van der Waals surface area contributed by atoms with Gasteiger partial charge in [0.05, 0.1) is 0 Å². The van der Waals surface area contributed by atoms with Gasteiger partial charge in [-0.25, -0.2) is 0 Å². The van der Waals surface area contributed by atoms with Crippen LogP contribution in [0.1, 0.15) is 374 Å². The first-order valence-corrected chi connectivity index (χ1v) is 35.9. The number of allylic oxidation sites excluding steroid dienone is 12. The smallest absolute Gasteiger partial charge is 0.306 e. The van der Waals surface area contributed by atoms with Crippen molar-refractivity contribution >= 4 is 17.9 Å². The van der Waals surface area contributed by atoms with E-state index in [1.54, 1.807) is 0 Å². The van der Waals surface area contributed by atoms with Crippen LogP contribution >= 0.6 is 0 Å². The molecule has 0 aliphatic rings. The van der Waals surface area contributed by atoms with Crippen molar-refractivity contribution in [1.29, 1.82) is 0 Å². The molecule has 0 aliphatic carbocycles. The Morgan fingerprint density at radius 2 is 0.476 bits per heavy atom. The van der Waals surface area contributed by atoms with Crippen molar-refractivity contribution in [2.75, 3.05) is 13.2 Å². The Morgan fingerprint density at radius 1 is 0.256 bits per heavy atom. The summed E-state index contributed by atoms with van der Waals surface area (Å²) < 4.78 is 17.0. The average molecular weight is 1150 g/mol. The zero-order valence-electron chi connectivity index (χ0n) is 54.8. The van der Waals surface area contributed by atoms with Gasteiger partial charge in [-0.15, -0.1) is 0 Å². The molecule has 0 aliphatic heterocycles. The van der Waals surface area contributed by atoms with Gasteiger partial charge in [0.2, 0.25) is 0 Å². The molecule has 0 saturated carbocycles. The molecule has 0 spiro atoms. The molecule has 0 amide bonds. The van der Waals surface area contributed by atoms with Crippen molar-refractivity contribution in [1.82, 2.24) is 0 Å². The Labute approximate surface area is 510 Å². The minimum atomic E-state index is -0.779. The van der Waals surface area contributed by atoms with Gasteiger partial charge in [0, 0.05) is 19.3 Å². The number of hydrogen-bond acceptors (Lipinski definition) is 6. The van der Waals surface area contributed by atoms with E-state index in [-0.39, 0.29) is 31.1 Å². The predicted octanol–water partition coefficient (Wildman–Crippen LogP) is 24.8. The third-order valence-corrected chi connectivity index (χ3v) is 15.9. The molecule has 0 heterocycles. The van der Waals surface area contributed by atoms with Crippen LogP contribution in [-0.4, -0.2) is 37.2 Å². The van der Waals surface area contributed by atoms with Crippen LogP contribution in [0, 0.1) is 0 Å². The molecular weight excluding hydrogens is 1010 g/mol. The van der Waals surface area contributed by atoms with Gasteiger partial charge in [0.1, 0.15) is 13.2 Å². The van der Waals surface area contributed by atoms with Crippen molar-refractivity contribution in [3.8, 4) is 0 Å². The summed E-state index contributed by atoms with van der Waals surface area (Å²) in [5, 5.41) is 0. The summed E-state index contributed by atoms with van der Waals surface area (Å²) in [4.78, 5) is 38.4. The molecule has 1 unspecified atom stereocenters. The van der Waals surface area contributed by atoms with Crippen LogP contribution in [0.3, 0.4) is 0 Å². The van der Waals surface area contributed by atoms with E-state index in [4.69, 9.17) is 14.2 Å². The monoisotopic (exact) mass is 1150 g/mol. The molecule has 0 radical (unpaired) electrons. The minimum Gasteiger partial charge on any atom is -0.462 e. The van der Waals surface area contributed by atoms with Gasteiger partial charge in [-0.2, -0.15) is 0 Å². The summed E-state index contributed by atoms with van der Waals surface area (Å²) in [7, 11) is 0. The second-order valence-electron chi connectivity index (χ2n) is 24.1. The van der Waals surface area contributed by atoms with Gasteiger partial charge in [-0.3, -0.25) is 14.4 Å². The summed E-state index contributed by atoms with van der Waals surface area (Å²) in [6, 6.07) is 0. The molecule has 6 nitrogen and oxygen atoms in total. The third-order valence-electron chi connectivity index (χ3n) is 15.9. The van der Waals surface area contributed by atoms with E-state index in [1.165, 1.54) is 238 Å².